The molecular weight excluding hydrogens is 457 g/mol. The van der Waals surface area contributed by atoms with Crippen molar-refractivity contribution in [3.05, 3.63) is 91.2 Å². The molecule has 0 saturated carbocycles. The van der Waals surface area contributed by atoms with Gasteiger partial charge in [0.2, 0.25) is 0 Å². The molecule has 146 valence electrons. The summed E-state index contributed by atoms with van der Waals surface area (Å²) >= 11 is 19.0. The van der Waals surface area contributed by atoms with Crippen LogP contribution in [-0.4, -0.2) is 20.7 Å². The molecule has 10 heteroatoms. The first kappa shape index (κ1) is 21.3. The van der Waals surface area contributed by atoms with Crippen molar-refractivity contribution in [2.45, 2.75) is 10.1 Å². The number of ketones is 1. The summed E-state index contributed by atoms with van der Waals surface area (Å²) in [6.07, 6.45) is 5.83. The van der Waals surface area contributed by atoms with Crippen molar-refractivity contribution in [1.29, 1.82) is 0 Å². The Morgan fingerprint density at radius 3 is 2.48 bits per heavy atom. The summed E-state index contributed by atoms with van der Waals surface area (Å²) in [6.45, 7) is 0. The number of nitrogens with zero attached hydrogens (tertiary/aromatic N) is 3. The van der Waals surface area contributed by atoms with E-state index in [2.05, 4.69) is 9.97 Å². The van der Waals surface area contributed by atoms with E-state index in [4.69, 9.17) is 34.8 Å². The van der Waals surface area contributed by atoms with Crippen LogP contribution in [0, 0.1) is 10.1 Å². The average Bonchev–Trinajstić information content (AvgIpc) is 2.71. The van der Waals surface area contributed by atoms with E-state index in [0.717, 1.165) is 11.8 Å². The third-order valence-electron chi connectivity index (χ3n) is 3.65. The summed E-state index contributed by atoms with van der Waals surface area (Å²) in [5.74, 6) is -0.410. The van der Waals surface area contributed by atoms with Crippen molar-refractivity contribution in [2.75, 3.05) is 0 Å². The molecule has 0 amide bonds. The highest BCUT2D eigenvalue weighted by atomic mass is 35.5. The number of carbonyl (C=O) groups is 1. The minimum Gasteiger partial charge on any atom is -0.289 e. The second-order valence-electron chi connectivity index (χ2n) is 5.54. The van der Waals surface area contributed by atoms with Gasteiger partial charge in [0.05, 0.1) is 24.9 Å². The quantitative estimate of drug-likeness (QED) is 0.104. The summed E-state index contributed by atoms with van der Waals surface area (Å²) in [6, 6.07) is 9.19. The van der Waals surface area contributed by atoms with Crippen LogP contribution in [0.1, 0.15) is 15.9 Å². The number of nitro groups is 1. The minimum atomic E-state index is -0.500. The molecule has 3 aromatic rings. The Morgan fingerprint density at radius 1 is 1.07 bits per heavy atom. The van der Waals surface area contributed by atoms with Crippen LogP contribution in [0.5, 0.6) is 0 Å². The maximum atomic E-state index is 12.4. The zero-order valence-corrected chi connectivity index (χ0v) is 17.5. The molecule has 0 radical (unpaired) electrons. The third kappa shape index (κ3) is 5.13. The van der Waals surface area contributed by atoms with Crippen molar-refractivity contribution < 1.29 is 9.72 Å². The number of aromatic nitrogens is 2. The first-order chi connectivity index (χ1) is 13.9. The average molecular weight is 467 g/mol. The number of allylic oxidation sites excluding steroid dienone is 1. The van der Waals surface area contributed by atoms with E-state index in [1.54, 1.807) is 30.6 Å². The summed E-state index contributed by atoms with van der Waals surface area (Å²) in [5.41, 5.74) is 0.532. The molecule has 29 heavy (non-hydrogen) atoms. The molecule has 0 aliphatic carbocycles. The van der Waals surface area contributed by atoms with Gasteiger partial charge in [-0.1, -0.05) is 46.9 Å². The number of halogens is 3. The summed E-state index contributed by atoms with van der Waals surface area (Å²) in [4.78, 5) is 31.8. The summed E-state index contributed by atoms with van der Waals surface area (Å²) in [5, 5.41) is 12.2. The van der Waals surface area contributed by atoms with Gasteiger partial charge in [0.15, 0.2) is 10.9 Å². The van der Waals surface area contributed by atoms with E-state index in [0.29, 0.717) is 15.6 Å². The van der Waals surface area contributed by atoms with Gasteiger partial charge in [0.1, 0.15) is 0 Å². The molecule has 0 fully saturated rings. The number of nitro benzene ring substituents is 1. The number of benzene rings is 2. The lowest BCUT2D eigenvalue weighted by molar-refractivity contribution is -0.387. The van der Waals surface area contributed by atoms with Crippen LogP contribution >= 0.6 is 46.6 Å². The molecule has 0 saturated heterocycles. The van der Waals surface area contributed by atoms with Crippen LogP contribution in [0.2, 0.25) is 15.1 Å². The van der Waals surface area contributed by atoms with Gasteiger partial charge in [-0.2, -0.15) is 0 Å². The Bertz CT molecular complexity index is 1120. The zero-order valence-electron chi connectivity index (χ0n) is 14.4. The first-order valence-electron chi connectivity index (χ1n) is 7.96. The van der Waals surface area contributed by atoms with Crippen molar-refractivity contribution in [3.63, 3.8) is 0 Å². The molecule has 0 bridgehead atoms. The highest BCUT2D eigenvalue weighted by molar-refractivity contribution is 7.99. The van der Waals surface area contributed by atoms with Gasteiger partial charge in [-0.25, -0.2) is 9.97 Å². The molecule has 0 spiro atoms. The maximum Gasteiger partial charge on any atom is 0.283 e. The van der Waals surface area contributed by atoms with Crippen molar-refractivity contribution >= 4 is 64.1 Å². The van der Waals surface area contributed by atoms with Crippen LogP contribution in [-0.2, 0) is 0 Å². The van der Waals surface area contributed by atoms with Crippen LogP contribution in [0.3, 0.4) is 0 Å². The Labute approximate surface area is 184 Å². The smallest absolute Gasteiger partial charge is 0.283 e. The molecule has 2 aromatic carbocycles. The van der Waals surface area contributed by atoms with E-state index in [-0.39, 0.29) is 26.3 Å². The van der Waals surface area contributed by atoms with Gasteiger partial charge < -0.3 is 0 Å². The molecule has 6 nitrogen and oxygen atoms in total. The van der Waals surface area contributed by atoms with Crippen molar-refractivity contribution in [1.82, 2.24) is 9.97 Å². The number of hydrogen-bond acceptors (Lipinski definition) is 6. The Kier molecular flexibility index (Phi) is 6.87. The molecule has 0 aliphatic rings. The maximum absolute atomic E-state index is 12.4. The van der Waals surface area contributed by atoms with Gasteiger partial charge in [0.25, 0.3) is 5.69 Å². The molecule has 0 atom stereocenters. The van der Waals surface area contributed by atoms with Crippen molar-refractivity contribution in [2.24, 2.45) is 0 Å². The van der Waals surface area contributed by atoms with E-state index in [1.165, 1.54) is 30.4 Å². The normalized spacial score (nSPS) is 11.0. The van der Waals surface area contributed by atoms with Crippen LogP contribution < -0.4 is 0 Å². The van der Waals surface area contributed by atoms with Gasteiger partial charge in [-0.05, 0) is 47.7 Å². The highest BCUT2D eigenvalue weighted by Gasteiger charge is 2.17. The largest absolute Gasteiger partial charge is 0.289 e. The highest BCUT2D eigenvalue weighted by Crippen LogP contribution is 2.35. The van der Waals surface area contributed by atoms with Gasteiger partial charge in [-0.3, -0.25) is 14.9 Å². The fourth-order valence-electron chi connectivity index (χ4n) is 2.28. The fraction of sp³-hybridized carbons (Fsp3) is 0. The second kappa shape index (κ2) is 9.37. The molecular formula is C19H10Cl3N3O3S. The molecule has 1 heterocycles. The molecule has 1 aromatic heterocycles. The summed E-state index contributed by atoms with van der Waals surface area (Å²) in [7, 11) is 0. The minimum absolute atomic E-state index is 0.0504. The zero-order chi connectivity index (χ0) is 21.0. The topological polar surface area (TPSA) is 86.0 Å². The number of carbonyl (C=O) groups excluding carboxylic acids is 1. The van der Waals surface area contributed by atoms with Gasteiger partial charge >= 0.3 is 0 Å². The SMILES string of the molecule is O=C(/C=C/c1ccc(Sc2ncccn2)c([N+](=O)[O-])c1)c1ccc(Cl)c(Cl)c1Cl. The Morgan fingerprint density at radius 2 is 1.79 bits per heavy atom. The van der Waals surface area contributed by atoms with Gasteiger partial charge in [-0.15, -0.1) is 0 Å². The lowest BCUT2D eigenvalue weighted by Crippen LogP contribution is -1.96. The number of hydrogen-bond donors (Lipinski definition) is 0. The molecule has 0 unspecified atom stereocenters. The monoisotopic (exact) mass is 465 g/mol. The lowest BCUT2D eigenvalue weighted by atomic mass is 10.1. The predicted molar refractivity (Wildman–Crippen MR) is 114 cm³/mol. The first-order valence-corrected chi connectivity index (χ1v) is 9.91. The number of rotatable bonds is 6. The summed E-state index contributed by atoms with van der Waals surface area (Å²) < 4.78 is 0. The lowest BCUT2D eigenvalue weighted by Gasteiger charge is -2.04. The van der Waals surface area contributed by atoms with E-state index in [1.807, 2.05) is 0 Å². The van der Waals surface area contributed by atoms with E-state index < -0.39 is 10.7 Å². The van der Waals surface area contributed by atoms with Crippen LogP contribution in [0.25, 0.3) is 6.08 Å². The second-order valence-corrected chi connectivity index (χ2v) is 7.71. The molecule has 0 N–H and O–H groups in total. The van der Waals surface area contributed by atoms with E-state index in [9.17, 15) is 14.9 Å². The predicted octanol–water partition coefficient (Wildman–Crippen LogP) is 6.39. The van der Waals surface area contributed by atoms with Crippen LogP contribution in [0.15, 0.2) is 64.9 Å². The Hall–Kier alpha value is -2.45. The van der Waals surface area contributed by atoms with Gasteiger partial charge in [0, 0.05) is 24.0 Å². The van der Waals surface area contributed by atoms with E-state index >= 15 is 0 Å². The third-order valence-corrected chi connectivity index (χ3v) is 5.90. The Balaban J connectivity index is 1.86. The standard InChI is InChI=1S/C19H10Cl3N3O3S/c20-13-5-4-12(17(21)18(13)22)15(26)6-2-11-3-7-16(14(10-11)25(27)28)29-19-23-8-1-9-24-19/h1-10H/b6-2+. The molecule has 0 aliphatic heterocycles. The van der Waals surface area contributed by atoms with Crippen molar-refractivity contribution in [3.8, 4) is 0 Å². The van der Waals surface area contributed by atoms with Crippen LogP contribution in [0.4, 0.5) is 5.69 Å². The molecule has 3 rings (SSSR count). The fourth-order valence-corrected chi connectivity index (χ4v) is 3.71.